The van der Waals surface area contributed by atoms with E-state index in [0.29, 0.717) is 17.5 Å². The molecule has 0 N–H and O–H groups in total. The standard InChI is InChI=1S/C75H47N7/c1-3-20-48(21-4-1)73-76-74(50-22-19-25-53(44-50)80-64-32-13-7-26-55(64)56-27-8-14-33-65(56)80)78-75(77-73)51-39-43-70(82-68-36-17-11-30-59(68)60-31-12-18-37-69(60)82)63(45-51)49-38-41-61-62-42-40-54(47-72(62)79(71(61)46-49)52-23-5-2-6-24-52)81-66-34-15-9-28-57(66)58-29-10-16-35-67(58)81/h1-47H. The number of hydrogen-bond donors (Lipinski definition) is 0. The largest absolute Gasteiger partial charge is 0.309 e. The third-order valence-electron chi connectivity index (χ3n) is 16.6. The molecule has 5 heterocycles. The van der Waals surface area contributed by atoms with Crippen LogP contribution in [0.1, 0.15) is 0 Å². The maximum Gasteiger partial charge on any atom is 0.164 e. The van der Waals surface area contributed by atoms with E-state index in [2.05, 4.69) is 285 Å². The molecule has 0 saturated carbocycles. The highest BCUT2D eigenvalue weighted by Crippen LogP contribution is 2.43. The van der Waals surface area contributed by atoms with Crippen LogP contribution in [-0.2, 0) is 0 Å². The first-order valence-corrected chi connectivity index (χ1v) is 27.8. The second-order valence-corrected chi connectivity index (χ2v) is 21.2. The summed E-state index contributed by atoms with van der Waals surface area (Å²) in [7, 11) is 0. The third kappa shape index (κ3) is 7.06. The van der Waals surface area contributed by atoms with Gasteiger partial charge in [-0.15, -0.1) is 0 Å². The van der Waals surface area contributed by atoms with Gasteiger partial charge in [0.2, 0.25) is 0 Å². The summed E-state index contributed by atoms with van der Waals surface area (Å²) in [5.74, 6) is 1.77. The molecule has 82 heavy (non-hydrogen) atoms. The lowest BCUT2D eigenvalue weighted by atomic mass is 9.98. The minimum Gasteiger partial charge on any atom is -0.309 e. The van der Waals surface area contributed by atoms with Crippen LogP contribution in [0, 0.1) is 0 Å². The van der Waals surface area contributed by atoms with Crippen molar-refractivity contribution in [1.82, 2.24) is 33.2 Å². The Labute approximate surface area is 471 Å². The van der Waals surface area contributed by atoms with E-state index >= 15 is 0 Å². The maximum atomic E-state index is 5.43. The van der Waals surface area contributed by atoms with Gasteiger partial charge >= 0.3 is 0 Å². The van der Waals surface area contributed by atoms with Gasteiger partial charge in [-0.25, -0.2) is 15.0 Å². The molecule has 12 aromatic carbocycles. The lowest BCUT2D eigenvalue weighted by molar-refractivity contribution is 1.07. The van der Waals surface area contributed by atoms with Gasteiger partial charge in [-0.1, -0.05) is 188 Å². The van der Waals surface area contributed by atoms with Crippen LogP contribution < -0.4 is 0 Å². The van der Waals surface area contributed by atoms with Crippen molar-refractivity contribution in [3.8, 4) is 68.0 Å². The summed E-state index contributed by atoms with van der Waals surface area (Å²) in [5, 5.41) is 9.65. The van der Waals surface area contributed by atoms with Crippen LogP contribution in [0.5, 0.6) is 0 Å². The molecule has 5 aromatic heterocycles. The molecule has 0 bridgehead atoms. The van der Waals surface area contributed by atoms with Gasteiger partial charge in [0.15, 0.2) is 17.5 Å². The van der Waals surface area contributed by atoms with E-state index in [4.69, 9.17) is 15.0 Å². The van der Waals surface area contributed by atoms with E-state index in [9.17, 15) is 0 Å². The van der Waals surface area contributed by atoms with E-state index < -0.39 is 0 Å². The smallest absolute Gasteiger partial charge is 0.164 e. The SMILES string of the molecule is c1ccc(-c2nc(-c3cccc(-n4c5ccccc5c5ccccc54)c3)nc(-c3ccc(-n4c5ccccc5c5ccccc54)c(-c4ccc5c6ccc(-n7c8ccccc8c8ccccc87)cc6n(-c6ccccc6)c5c4)c3)n2)cc1. The van der Waals surface area contributed by atoms with E-state index in [1.165, 1.54) is 54.1 Å². The van der Waals surface area contributed by atoms with Crippen LogP contribution in [0.2, 0.25) is 0 Å². The minimum atomic E-state index is 0.582. The molecule has 0 radical (unpaired) electrons. The molecule has 0 spiro atoms. The Kier molecular flexibility index (Phi) is 10.2. The molecule has 7 heteroatoms. The Morgan fingerprint density at radius 3 is 1.07 bits per heavy atom. The third-order valence-corrected chi connectivity index (χ3v) is 16.6. The fourth-order valence-corrected chi connectivity index (χ4v) is 13.0. The molecule has 17 aromatic rings. The molecular formula is C75H47N7. The number of nitrogens with zero attached hydrogens (tertiary/aromatic N) is 7. The molecule has 0 saturated heterocycles. The summed E-state index contributed by atoms with van der Waals surface area (Å²) in [6, 6.07) is 102. The van der Waals surface area contributed by atoms with Crippen LogP contribution in [0.15, 0.2) is 285 Å². The summed E-state index contributed by atoms with van der Waals surface area (Å²) < 4.78 is 9.61. The van der Waals surface area contributed by atoms with Gasteiger partial charge in [-0.05, 0) is 103 Å². The molecule has 0 aliphatic carbocycles. The predicted molar refractivity (Wildman–Crippen MR) is 339 cm³/mol. The number of fused-ring (bicyclic) bond motifs is 12. The average Bonchev–Trinajstić information content (AvgIpc) is 4.42. The van der Waals surface area contributed by atoms with Gasteiger partial charge in [0, 0.05) is 82.4 Å². The Morgan fingerprint density at radius 1 is 0.195 bits per heavy atom. The van der Waals surface area contributed by atoms with Crippen LogP contribution in [0.3, 0.4) is 0 Å². The average molecular weight is 1050 g/mol. The molecule has 17 rings (SSSR count). The minimum absolute atomic E-state index is 0.582. The molecule has 0 aliphatic heterocycles. The molecule has 0 unspecified atom stereocenters. The van der Waals surface area contributed by atoms with Crippen molar-refractivity contribution in [2.75, 3.05) is 0 Å². The Hall–Kier alpha value is -11.2. The van der Waals surface area contributed by atoms with Crippen molar-refractivity contribution >= 4 is 87.2 Å². The highest BCUT2D eigenvalue weighted by Gasteiger charge is 2.23. The summed E-state index contributed by atoms with van der Waals surface area (Å²) in [5.41, 5.74) is 18.2. The Morgan fingerprint density at radius 2 is 0.549 bits per heavy atom. The van der Waals surface area contributed by atoms with Gasteiger partial charge in [0.1, 0.15) is 0 Å². The fourth-order valence-electron chi connectivity index (χ4n) is 13.0. The topological polar surface area (TPSA) is 58.4 Å². The summed E-state index contributed by atoms with van der Waals surface area (Å²) in [6.45, 7) is 0. The van der Waals surface area contributed by atoms with Crippen molar-refractivity contribution in [3.63, 3.8) is 0 Å². The normalized spacial score (nSPS) is 11.9. The lowest BCUT2D eigenvalue weighted by Crippen LogP contribution is -2.02. The Balaban J connectivity index is 0.896. The molecule has 0 aliphatic rings. The molecule has 0 amide bonds. The van der Waals surface area contributed by atoms with E-state index in [1.54, 1.807) is 0 Å². The number of benzene rings is 12. The highest BCUT2D eigenvalue weighted by atomic mass is 15.0. The van der Waals surface area contributed by atoms with Crippen LogP contribution in [0.4, 0.5) is 0 Å². The second-order valence-electron chi connectivity index (χ2n) is 21.2. The van der Waals surface area contributed by atoms with Gasteiger partial charge in [0.25, 0.3) is 0 Å². The number of para-hydroxylation sites is 7. The second kappa shape index (κ2) is 18.2. The summed E-state index contributed by atoms with van der Waals surface area (Å²) in [4.78, 5) is 16.0. The molecule has 7 nitrogen and oxygen atoms in total. The maximum absolute atomic E-state index is 5.43. The first-order valence-electron chi connectivity index (χ1n) is 27.8. The first-order chi connectivity index (χ1) is 40.7. The summed E-state index contributed by atoms with van der Waals surface area (Å²) in [6.07, 6.45) is 0. The van der Waals surface area contributed by atoms with E-state index in [0.717, 1.165) is 83.7 Å². The first kappa shape index (κ1) is 45.8. The van der Waals surface area contributed by atoms with Gasteiger partial charge in [-0.2, -0.15) is 0 Å². The van der Waals surface area contributed by atoms with Crippen molar-refractivity contribution in [3.05, 3.63) is 285 Å². The van der Waals surface area contributed by atoms with Gasteiger partial charge in [0.05, 0.1) is 49.8 Å². The zero-order valence-corrected chi connectivity index (χ0v) is 44.3. The molecule has 0 atom stereocenters. The van der Waals surface area contributed by atoms with Gasteiger partial charge < -0.3 is 18.3 Å². The highest BCUT2D eigenvalue weighted by molar-refractivity contribution is 6.14. The number of aromatic nitrogens is 7. The summed E-state index contributed by atoms with van der Waals surface area (Å²) >= 11 is 0. The number of hydrogen-bond acceptors (Lipinski definition) is 3. The van der Waals surface area contributed by atoms with Crippen molar-refractivity contribution in [2.24, 2.45) is 0 Å². The van der Waals surface area contributed by atoms with E-state index in [-0.39, 0.29) is 0 Å². The Bertz CT molecular complexity index is 5250. The van der Waals surface area contributed by atoms with Crippen molar-refractivity contribution in [1.29, 1.82) is 0 Å². The van der Waals surface area contributed by atoms with Crippen LogP contribution in [0.25, 0.3) is 155 Å². The predicted octanol–water partition coefficient (Wildman–Crippen LogP) is 18.9. The lowest BCUT2D eigenvalue weighted by Gasteiger charge is -2.17. The van der Waals surface area contributed by atoms with Gasteiger partial charge in [-0.3, -0.25) is 0 Å². The molecule has 382 valence electrons. The van der Waals surface area contributed by atoms with Crippen LogP contribution in [-0.4, -0.2) is 33.2 Å². The zero-order valence-electron chi connectivity index (χ0n) is 44.3. The molecular weight excluding hydrogens is 999 g/mol. The number of rotatable bonds is 8. The van der Waals surface area contributed by atoms with E-state index in [1.807, 2.05) is 18.2 Å². The van der Waals surface area contributed by atoms with Crippen LogP contribution >= 0.6 is 0 Å². The monoisotopic (exact) mass is 1050 g/mol. The fraction of sp³-hybridized carbons (Fsp3) is 0. The zero-order chi connectivity index (χ0) is 53.8. The van der Waals surface area contributed by atoms with Crippen molar-refractivity contribution in [2.45, 2.75) is 0 Å². The van der Waals surface area contributed by atoms with Crippen molar-refractivity contribution < 1.29 is 0 Å². The quantitative estimate of drug-likeness (QED) is 0.152. The molecule has 0 fully saturated rings.